The molecule has 3 N–H and O–H groups in total. The molecule has 0 spiro atoms. The standard InChI is InChI=1S/C20H24FN3O2S/c21-17-10-8-16(9-11-17)19(25)22-12-4-13-23-20(26)24-14-5-15-27-18-6-2-1-3-7-18/h1-3,6-11H,4-5,12-15H2,(H,22,25)(H2,23,24,26). The van der Waals surface area contributed by atoms with Crippen molar-refractivity contribution in [3.8, 4) is 0 Å². The van der Waals surface area contributed by atoms with Crippen LogP contribution in [-0.2, 0) is 0 Å². The highest BCUT2D eigenvalue weighted by molar-refractivity contribution is 7.99. The molecule has 0 bridgehead atoms. The minimum atomic E-state index is -0.375. The van der Waals surface area contributed by atoms with Gasteiger partial charge < -0.3 is 16.0 Å². The molecule has 0 aliphatic rings. The topological polar surface area (TPSA) is 70.2 Å². The highest BCUT2D eigenvalue weighted by atomic mass is 32.2. The quantitative estimate of drug-likeness (QED) is 0.431. The second-order valence-electron chi connectivity index (χ2n) is 5.81. The SMILES string of the molecule is O=C(NCCCNC(=O)c1ccc(F)cc1)NCCCSc1ccccc1. The third-order valence-electron chi connectivity index (χ3n) is 3.65. The first kappa shape index (κ1) is 20.8. The second-order valence-corrected chi connectivity index (χ2v) is 6.98. The maximum absolute atomic E-state index is 12.8. The van der Waals surface area contributed by atoms with Crippen LogP contribution >= 0.6 is 11.8 Å². The number of halogens is 1. The molecule has 144 valence electrons. The van der Waals surface area contributed by atoms with Gasteiger partial charge >= 0.3 is 6.03 Å². The number of hydrogen-bond donors (Lipinski definition) is 3. The molecule has 0 aliphatic carbocycles. The molecule has 0 atom stereocenters. The predicted octanol–water partition coefficient (Wildman–Crippen LogP) is 3.43. The first-order valence-corrected chi connectivity index (χ1v) is 9.87. The van der Waals surface area contributed by atoms with E-state index in [0.29, 0.717) is 31.6 Å². The number of amides is 3. The molecule has 2 aromatic rings. The lowest BCUT2D eigenvalue weighted by Gasteiger charge is -2.08. The molecule has 0 saturated heterocycles. The van der Waals surface area contributed by atoms with E-state index in [9.17, 15) is 14.0 Å². The van der Waals surface area contributed by atoms with E-state index in [1.165, 1.54) is 29.2 Å². The molecule has 2 rings (SSSR count). The maximum Gasteiger partial charge on any atom is 0.314 e. The number of carbonyl (C=O) groups excluding carboxylic acids is 2. The van der Waals surface area contributed by atoms with Crippen molar-refractivity contribution in [2.45, 2.75) is 17.7 Å². The number of hydrogen-bond acceptors (Lipinski definition) is 3. The van der Waals surface area contributed by atoms with Gasteiger partial charge in [0, 0.05) is 30.1 Å². The molecule has 0 aromatic heterocycles. The summed E-state index contributed by atoms with van der Waals surface area (Å²) < 4.78 is 12.8. The van der Waals surface area contributed by atoms with Crippen molar-refractivity contribution in [2.24, 2.45) is 0 Å². The Morgan fingerprint density at radius 1 is 0.815 bits per heavy atom. The van der Waals surface area contributed by atoms with E-state index in [0.717, 1.165) is 12.2 Å². The molecule has 27 heavy (non-hydrogen) atoms. The minimum absolute atomic E-state index is 0.204. The molecule has 0 saturated carbocycles. The van der Waals surface area contributed by atoms with E-state index in [1.807, 2.05) is 18.2 Å². The fraction of sp³-hybridized carbons (Fsp3) is 0.300. The van der Waals surface area contributed by atoms with Gasteiger partial charge in [-0.05, 0) is 55.0 Å². The number of benzene rings is 2. The zero-order chi connectivity index (χ0) is 19.3. The summed E-state index contributed by atoms with van der Waals surface area (Å²) in [6, 6.07) is 15.3. The molecule has 0 unspecified atom stereocenters. The molecule has 5 nitrogen and oxygen atoms in total. The average molecular weight is 389 g/mol. The monoisotopic (exact) mass is 389 g/mol. The van der Waals surface area contributed by atoms with Crippen LogP contribution in [0.3, 0.4) is 0 Å². The summed E-state index contributed by atoms with van der Waals surface area (Å²) in [5.74, 6) is 0.315. The summed E-state index contributed by atoms with van der Waals surface area (Å²) in [5, 5.41) is 8.30. The second kappa shape index (κ2) is 12.0. The number of nitrogens with one attached hydrogen (secondary N) is 3. The Balaban J connectivity index is 1.46. The van der Waals surface area contributed by atoms with E-state index in [2.05, 4.69) is 28.1 Å². The van der Waals surface area contributed by atoms with Crippen molar-refractivity contribution in [2.75, 3.05) is 25.4 Å². The fourth-order valence-electron chi connectivity index (χ4n) is 2.24. The van der Waals surface area contributed by atoms with Crippen LogP contribution < -0.4 is 16.0 Å². The largest absolute Gasteiger partial charge is 0.352 e. The van der Waals surface area contributed by atoms with E-state index in [4.69, 9.17) is 0 Å². The highest BCUT2D eigenvalue weighted by Crippen LogP contribution is 2.17. The molecule has 2 aromatic carbocycles. The highest BCUT2D eigenvalue weighted by Gasteiger charge is 2.04. The lowest BCUT2D eigenvalue weighted by Crippen LogP contribution is -2.37. The molecular formula is C20H24FN3O2S. The van der Waals surface area contributed by atoms with Gasteiger partial charge in [0.1, 0.15) is 5.82 Å². The summed E-state index contributed by atoms with van der Waals surface area (Å²) in [4.78, 5) is 24.7. The van der Waals surface area contributed by atoms with Crippen LogP contribution in [0.2, 0.25) is 0 Å². The third-order valence-corrected chi connectivity index (χ3v) is 4.75. The summed E-state index contributed by atoms with van der Waals surface area (Å²) >= 11 is 1.77. The third kappa shape index (κ3) is 8.59. The van der Waals surface area contributed by atoms with Crippen molar-refractivity contribution in [3.63, 3.8) is 0 Å². The van der Waals surface area contributed by atoms with Crippen LogP contribution in [0.1, 0.15) is 23.2 Å². The molecule has 7 heteroatoms. The average Bonchev–Trinajstić information content (AvgIpc) is 2.68. The van der Waals surface area contributed by atoms with Gasteiger partial charge in [0.2, 0.25) is 0 Å². The molecular weight excluding hydrogens is 365 g/mol. The van der Waals surface area contributed by atoms with Crippen molar-refractivity contribution in [1.82, 2.24) is 16.0 Å². The van der Waals surface area contributed by atoms with Gasteiger partial charge in [0.25, 0.3) is 5.91 Å². The zero-order valence-electron chi connectivity index (χ0n) is 15.0. The Bertz CT molecular complexity index is 711. The van der Waals surface area contributed by atoms with Crippen LogP contribution in [0.15, 0.2) is 59.5 Å². The molecule has 0 radical (unpaired) electrons. The molecule has 0 aliphatic heterocycles. The first-order valence-electron chi connectivity index (χ1n) is 8.88. The van der Waals surface area contributed by atoms with E-state index in [1.54, 1.807) is 11.8 Å². The number of rotatable bonds is 10. The van der Waals surface area contributed by atoms with Gasteiger partial charge in [-0.1, -0.05) is 18.2 Å². The summed E-state index contributed by atoms with van der Waals surface area (Å²) in [5.41, 5.74) is 0.412. The summed E-state index contributed by atoms with van der Waals surface area (Å²) in [6.45, 7) is 1.52. The van der Waals surface area contributed by atoms with Gasteiger partial charge in [-0.3, -0.25) is 4.79 Å². The van der Waals surface area contributed by atoms with Crippen LogP contribution in [0.5, 0.6) is 0 Å². The van der Waals surface area contributed by atoms with Crippen LogP contribution in [-0.4, -0.2) is 37.3 Å². The van der Waals surface area contributed by atoms with E-state index < -0.39 is 0 Å². The van der Waals surface area contributed by atoms with Crippen molar-refractivity contribution >= 4 is 23.7 Å². The van der Waals surface area contributed by atoms with Crippen LogP contribution in [0.4, 0.5) is 9.18 Å². The lowest BCUT2D eigenvalue weighted by molar-refractivity contribution is 0.0953. The molecule has 0 heterocycles. The maximum atomic E-state index is 12.8. The minimum Gasteiger partial charge on any atom is -0.352 e. The molecule has 0 fully saturated rings. The van der Waals surface area contributed by atoms with Crippen LogP contribution in [0.25, 0.3) is 0 Å². The van der Waals surface area contributed by atoms with Crippen LogP contribution in [0, 0.1) is 5.82 Å². The Morgan fingerprint density at radius 2 is 1.44 bits per heavy atom. The van der Waals surface area contributed by atoms with E-state index in [-0.39, 0.29) is 17.8 Å². The number of thioether (sulfide) groups is 1. The normalized spacial score (nSPS) is 10.3. The van der Waals surface area contributed by atoms with Gasteiger partial charge in [0.15, 0.2) is 0 Å². The first-order chi connectivity index (χ1) is 13.1. The smallest absolute Gasteiger partial charge is 0.314 e. The number of carbonyl (C=O) groups is 2. The van der Waals surface area contributed by atoms with Gasteiger partial charge in [-0.25, -0.2) is 9.18 Å². The fourth-order valence-corrected chi connectivity index (χ4v) is 3.11. The number of urea groups is 1. The zero-order valence-corrected chi connectivity index (χ0v) is 15.9. The lowest BCUT2D eigenvalue weighted by atomic mass is 10.2. The summed E-state index contributed by atoms with van der Waals surface area (Å²) in [6.07, 6.45) is 1.50. The van der Waals surface area contributed by atoms with Crippen molar-refractivity contribution in [1.29, 1.82) is 0 Å². The van der Waals surface area contributed by atoms with Crippen molar-refractivity contribution < 1.29 is 14.0 Å². The summed E-state index contributed by atoms with van der Waals surface area (Å²) in [7, 11) is 0. The van der Waals surface area contributed by atoms with E-state index >= 15 is 0 Å². The van der Waals surface area contributed by atoms with Gasteiger partial charge in [-0.15, -0.1) is 11.8 Å². The Kier molecular flexibility index (Phi) is 9.20. The Morgan fingerprint density at radius 3 is 2.15 bits per heavy atom. The van der Waals surface area contributed by atoms with Crippen molar-refractivity contribution in [3.05, 3.63) is 66.0 Å². The Hall–Kier alpha value is -2.54. The van der Waals surface area contributed by atoms with Gasteiger partial charge in [-0.2, -0.15) is 0 Å². The van der Waals surface area contributed by atoms with Gasteiger partial charge in [0.05, 0.1) is 0 Å². The Labute approximate surface area is 163 Å². The molecule has 3 amide bonds. The predicted molar refractivity (Wildman–Crippen MR) is 107 cm³/mol.